The van der Waals surface area contributed by atoms with Crippen LogP contribution in [-0.2, 0) is 4.79 Å². The van der Waals surface area contributed by atoms with E-state index in [9.17, 15) is 9.59 Å². The summed E-state index contributed by atoms with van der Waals surface area (Å²) in [6.45, 7) is 1.72. The van der Waals surface area contributed by atoms with Crippen LogP contribution in [-0.4, -0.2) is 68.1 Å². The van der Waals surface area contributed by atoms with Crippen LogP contribution in [0.3, 0.4) is 0 Å². The Morgan fingerprint density at radius 3 is 2.17 bits per heavy atom. The van der Waals surface area contributed by atoms with Crippen LogP contribution in [0.4, 0.5) is 0 Å². The van der Waals surface area contributed by atoms with Gasteiger partial charge in [-0.25, -0.2) is 0 Å². The smallest absolute Gasteiger partial charge is 0.321 e. The minimum Gasteiger partial charge on any atom is -0.494 e. The highest BCUT2D eigenvalue weighted by atomic mass is 16.5. The highest BCUT2D eigenvalue weighted by Gasteiger charge is 2.06. The van der Waals surface area contributed by atoms with E-state index in [0.29, 0.717) is 18.2 Å². The fraction of sp³-hybridized carbons (Fsp3) is 0.619. The standard InChI is InChI=1S/C12H17NO2.C6H13N.C3H8N2O2/c1-13(2)8-3-9-15-12-6-4-11(10-14)5-7-12;7-6-4-2-1-3-5-6;4-1-2(5)3(6)7/h4-7,10H,3,8-9H2,1-2H3;6H,1-5,7H2;2H,1,4-5H2,(H,6,7)/t;;2-/m..0/s1. The highest BCUT2D eigenvalue weighted by Crippen LogP contribution is 2.14. The summed E-state index contributed by atoms with van der Waals surface area (Å²) >= 11 is 0. The molecular weight excluding hydrogens is 372 g/mol. The number of nitrogens with two attached hydrogens (primary N) is 3. The Morgan fingerprint density at radius 1 is 1.24 bits per heavy atom. The van der Waals surface area contributed by atoms with E-state index in [0.717, 1.165) is 25.0 Å². The normalized spacial score (nSPS) is 14.7. The van der Waals surface area contributed by atoms with E-state index in [4.69, 9.17) is 27.0 Å². The fourth-order valence-electron chi connectivity index (χ4n) is 2.45. The summed E-state index contributed by atoms with van der Waals surface area (Å²) in [6, 6.07) is 6.79. The molecule has 29 heavy (non-hydrogen) atoms. The topological polar surface area (TPSA) is 145 Å². The van der Waals surface area contributed by atoms with Crippen LogP contribution in [0.15, 0.2) is 24.3 Å². The van der Waals surface area contributed by atoms with Gasteiger partial charge in [0.15, 0.2) is 0 Å². The molecular formula is C21H38N4O4. The van der Waals surface area contributed by atoms with Gasteiger partial charge >= 0.3 is 5.97 Å². The molecule has 166 valence electrons. The minimum absolute atomic E-state index is 0.00463. The number of hydrogen-bond acceptors (Lipinski definition) is 7. The Hall–Kier alpha value is -2.00. The van der Waals surface area contributed by atoms with Gasteiger partial charge in [-0.2, -0.15) is 0 Å². The van der Waals surface area contributed by atoms with E-state index < -0.39 is 12.0 Å². The Morgan fingerprint density at radius 2 is 1.83 bits per heavy atom. The van der Waals surface area contributed by atoms with Gasteiger partial charge in [-0.3, -0.25) is 9.59 Å². The van der Waals surface area contributed by atoms with E-state index in [1.165, 1.54) is 32.1 Å². The molecule has 0 bridgehead atoms. The zero-order valence-electron chi connectivity index (χ0n) is 17.8. The summed E-state index contributed by atoms with van der Waals surface area (Å²) in [5, 5.41) is 7.98. The van der Waals surface area contributed by atoms with Crippen LogP contribution in [0.25, 0.3) is 0 Å². The first kappa shape index (κ1) is 27.0. The molecule has 0 unspecified atom stereocenters. The van der Waals surface area contributed by atoms with Gasteiger partial charge in [-0.1, -0.05) is 19.3 Å². The molecule has 0 radical (unpaired) electrons. The molecule has 0 saturated heterocycles. The van der Waals surface area contributed by atoms with Crippen LogP contribution >= 0.6 is 0 Å². The number of carboxylic acid groups (broad SMARTS) is 1. The van der Waals surface area contributed by atoms with E-state index in [1.54, 1.807) is 12.1 Å². The SMILES string of the molecule is CN(C)CCCOc1ccc(C=O)cc1.NC1CCCCC1.NC[C@H](N)C(=O)O. The maximum atomic E-state index is 10.4. The van der Waals surface area contributed by atoms with Crippen LogP contribution in [0.1, 0.15) is 48.9 Å². The van der Waals surface area contributed by atoms with Crippen molar-refractivity contribution in [3.05, 3.63) is 29.8 Å². The molecule has 0 spiro atoms. The minimum atomic E-state index is -1.05. The zero-order chi connectivity index (χ0) is 22.1. The molecule has 0 heterocycles. The number of carboxylic acids is 1. The molecule has 0 amide bonds. The van der Waals surface area contributed by atoms with Gasteiger partial charge in [0.2, 0.25) is 0 Å². The molecule has 0 aliphatic heterocycles. The number of nitrogens with zero attached hydrogens (tertiary/aromatic N) is 1. The van der Waals surface area contributed by atoms with Crippen molar-refractivity contribution in [2.45, 2.75) is 50.6 Å². The lowest BCUT2D eigenvalue weighted by atomic mass is 9.97. The van der Waals surface area contributed by atoms with E-state index in [2.05, 4.69) is 4.90 Å². The Kier molecular flexibility index (Phi) is 15.7. The molecule has 1 aromatic rings. The average Bonchev–Trinajstić information content (AvgIpc) is 2.72. The number of rotatable bonds is 8. The van der Waals surface area contributed by atoms with Crippen molar-refractivity contribution in [3.8, 4) is 5.75 Å². The highest BCUT2D eigenvalue weighted by molar-refractivity contribution is 5.74. The Balaban J connectivity index is 0.000000465. The average molecular weight is 411 g/mol. The van der Waals surface area contributed by atoms with Crippen LogP contribution in [0.2, 0.25) is 0 Å². The van der Waals surface area contributed by atoms with Crippen molar-refractivity contribution in [2.24, 2.45) is 17.2 Å². The Bertz CT molecular complexity index is 546. The molecule has 1 aromatic carbocycles. The van der Waals surface area contributed by atoms with Crippen LogP contribution < -0.4 is 21.9 Å². The van der Waals surface area contributed by atoms with Crippen molar-refractivity contribution < 1.29 is 19.4 Å². The summed E-state index contributed by atoms with van der Waals surface area (Å²) in [7, 11) is 4.08. The monoisotopic (exact) mass is 410 g/mol. The van der Waals surface area contributed by atoms with Crippen molar-refractivity contribution in [1.29, 1.82) is 0 Å². The second-order valence-corrected chi connectivity index (χ2v) is 7.27. The number of hydrogen-bond donors (Lipinski definition) is 4. The maximum Gasteiger partial charge on any atom is 0.321 e. The molecule has 2 rings (SSSR count). The van der Waals surface area contributed by atoms with Gasteiger partial charge in [-0.05, 0) is 57.6 Å². The maximum absolute atomic E-state index is 10.4. The first-order chi connectivity index (χ1) is 13.8. The number of aldehydes is 1. The van der Waals surface area contributed by atoms with Crippen molar-refractivity contribution >= 4 is 12.3 Å². The molecule has 8 heteroatoms. The van der Waals surface area contributed by atoms with Gasteiger partial charge in [0.1, 0.15) is 18.1 Å². The first-order valence-corrected chi connectivity index (χ1v) is 10.1. The number of carbonyl (C=O) groups excluding carboxylic acids is 1. The van der Waals surface area contributed by atoms with Gasteiger partial charge < -0.3 is 31.9 Å². The lowest BCUT2D eigenvalue weighted by molar-refractivity contribution is -0.138. The first-order valence-electron chi connectivity index (χ1n) is 10.1. The quantitative estimate of drug-likeness (QED) is 0.372. The van der Waals surface area contributed by atoms with Crippen molar-refractivity contribution in [1.82, 2.24) is 4.90 Å². The predicted octanol–water partition coefficient (Wildman–Crippen LogP) is 1.46. The predicted molar refractivity (Wildman–Crippen MR) is 116 cm³/mol. The van der Waals surface area contributed by atoms with Crippen molar-refractivity contribution in [2.75, 3.05) is 33.8 Å². The van der Waals surface area contributed by atoms with Crippen molar-refractivity contribution in [3.63, 3.8) is 0 Å². The van der Waals surface area contributed by atoms with Gasteiger partial charge in [0, 0.05) is 24.7 Å². The largest absolute Gasteiger partial charge is 0.494 e. The number of carbonyl (C=O) groups is 2. The molecule has 0 aromatic heterocycles. The zero-order valence-corrected chi connectivity index (χ0v) is 17.8. The molecule has 7 N–H and O–H groups in total. The third-order valence-electron chi connectivity index (χ3n) is 4.26. The molecule has 8 nitrogen and oxygen atoms in total. The van der Waals surface area contributed by atoms with Gasteiger partial charge in [-0.15, -0.1) is 0 Å². The second kappa shape index (κ2) is 16.9. The van der Waals surface area contributed by atoms with Crippen LogP contribution in [0, 0.1) is 0 Å². The molecule has 1 fully saturated rings. The van der Waals surface area contributed by atoms with Gasteiger partial charge in [0.25, 0.3) is 0 Å². The third-order valence-corrected chi connectivity index (χ3v) is 4.26. The second-order valence-electron chi connectivity index (χ2n) is 7.27. The van der Waals surface area contributed by atoms with E-state index in [1.807, 2.05) is 26.2 Å². The summed E-state index contributed by atoms with van der Waals surface area (Å²) in [4.78, 5) is 22.3. The Labute approximate surface area is 174 Å². The lowest BCUT2D eigenvalue weighted by Crippen LogP contribution is -2.37. The lowest BCUT2D eigenvalue weighted by Gasteiger charge is -2.15. The van der Waals surface area contributed by atoms with Crippen LogP contribution in [0.5, 0.6) is 5.75 Å². The summed E-state index contributed by atoms with van der Waals surface area (Å²) < 4.78 is 5.51. The number of ether oxygens (including phenoxy) is 1. The number of aliphatic carboxylic acids is 1. The summed E-state index contributed by atoms with van der Waals surface area (Å²) in [5.41, 5.74) is 16.1. The number of benzene rings is 1. The fourth-order valence-corrected chi connectivity index (χ4v) is 2.45. The van der Waals surface area contributed by atoms with Gasteiger partial charge in [0.05, 0.1) is 6.61 Å². The van der Waals surface area contributed by atoms with E-state index >= 15 is 0 Å². The third kappa shape index (κ3) is 15.6. The summed E-state index contributed by atoms with van der Waals surface area (Å²) in [6.07, 6.45) is 8.49. The molecule has 1 aliphatic carbocycles. The summed E-state index contributed by atoms with van der Waals surface area (Å²) in [5.74, 6) is -0.234. The molecule has 1 saturated carbocycles. The van der Waals surface area contributed by atoms with E-state index in [-0.39, 0.29) is 6.54 Å². The molecule has 1 atom stereocenters. The molecule has 1 aliphatic rings.